The zero-order valence-electron chi connectivity index (χ0n) is 12.6. The topological polar surface area (TPSA) is 30.0 Å². The summed E-state index contributed by atoms with van der Waals surface area (Å²) in [7, 11) is 0. The van der Waals surface area contributed by atoms with E-state index < -0.39 is 6.41 Å². The van der Waals surface area contributed by atoms with E-state index in [2.05, 4.69) is 18.7 Å². The molecule has 0 amide bonds. The van der Waals surface area contributed by atoms with Gasteiger partial charge in [0.15, 0.2) is 0 Å². The van der Waals surface area contributed by atoms with Crippen molar-refractivity contribution >= 4 is 22.9 Å². The molecule has 0 aromatic heterocycles. The molecule has 1 spiro atoms. The third-order valence-electron chi connectivity index (χ3n) is 5.70. The Kier molecular flexibility index (Phi) is 2.86. The van der Waals surface area contributed by atoms with Crippen molar-refractivity contribution in [1.29, 1.82) is 0 Å². The molecule has 0 bridgehead atoms. The van der Waals surface area contributed by atoms with E-state index in [1.54, 1.807) is 11.4 Å². The first-order valence-corrected chi connectivity index (χ1v) is 11.6. The Bertz CT molecular complexity index is 566. The molecule has 0 atom stereocenters. The van der Waals surface area contributed by atoms with E-state index in [1.165, 1.54) is 0 Å². The predicted molar refractivity (Wildman–Crippen MR) is 91.6 cm³/mol. The molecule has 4 aliphatic rings. The van der Waals surface area contributed by atoms with Crippen LogP contribution in [-0.4, -0.2) is 76.2 Å². The molecule has 0 unspecified atom stereocenters. The van der Waals surface area contributed by atoms with Crippen LogP contribution in [0.5, 0.6) is 0 Å². The number of rotatable bonds is 2. The first kappa shape index (κ1) is 13.9. The molecule has 118 valence electrons. The van der Waals surface area contributed by atoms with Gasteiger partial charge in [0.1, 0.15) is 0 Å². The van der Waals surface area contributed by atoms with Crippen LogP contribution in [0.25, 0.3) is 0 Å². The molecule has 5 rings (SSSR count). The first-order valence-electron chi connectivity index (χ1n) is 8.08. The van der Waals surface area contributed by atoms with Gasteiger partial charge in [0.25, 0.3) is 0 Å². The molecule has 0 radical (unpaired) electrons. The maximum atomic E-state index is 13.1. The average molecular weight is 336 g/mol. The second-order valence-corrected chi connectivity index (χ2v) is 13.5. The molecule has 4 saturated heterocycles. The predicted octanol–water partition coefficient (Wildman–Crippen LogP) is 1.95. The summed E-state index contributed by atoms with van der Waals surface area (Å²) in [6, 6.07) is 9.81. The third-order valence-corrected chi connectivity index (χ3v) is 16.2. The van der Waals surface area contributed by atoms with Crippen molar-refractivity contribution in [2.24, 2.45) is 0 Å². The molecule has 0 N–H and O–H groups in total. The van der Waals surface area contributed by atoms with E-state index in [0.717, 1.165) is 57.9 Å². The number of nitrogens with zero attached hydrogens (tertiary/aromatic N) is 4. The Morgan fingerprint density at radius 1 is 0.773 bits per heavy atom. The summed E-state index contributed by atoms with van der Waals surface area (Å²) in [5, 5.41) is 0.246. The maximum absolute atomic E-state index is 13.1. The summed E-state index contributed by atoms with van der Waals surface area (Å²) < 4.78 is 10.7. The summed E-state index contributed by atoms with van der Waals surface area (Å²) in [4.78, 5) is 13.1. The van der Waals surface area contributed by atoms with Crippen molar-refractivity contribution in [2.45, 2.75) is 0 Å². The summed E-state index contributed by atoms with van der Waals surface area (Å²) in [6.45, 7) is 9.00. The standard InChI is InChI=1S/C15H21N4OPS/c20-15(14-4-2-1-3-5-14)22-21-16-6-7-17(21)10-11-19(21)13-12-18(21)9-8-16/h1-5H,6-13H2. The molecule has 22 heavy (non-hydrogen) atoms. The van der Waals surface area contributed by atoms with Crippen LogP contribution in [0, 0.1) is 0 Å². The zero-order chi connectivity index (χ0) is 14.8. The van der Waals surface area contributed by atoms with Gasteiger partial charge in [-0.3, -0.25) is 0 Å². The van der Waals surface area contributed by atoms with Crippen LogP contribution in [0.3, 0.4) is 0 Å². The van der Waals surface area contributed by atoms with Gasteiger partial charge in [-0.25, -0.2) is 0 Å². The fraction of sp³-hybridized carbons (Fsp3) is 0.533. The molecule has 5 nitrogen and oxygen atoms in total. The van der Waals surface area contributed by atoms with Gasteiger partial charge in [-0.1, -0.05) is 0 Å². The molecular formula is C15H21N4OPS. The quantitative estimate of drug-likeness (QED) is 0.767. The second kappa shape index (κ2) is 4.53. The van der Waals surface area contributed by atoms with Crippen LogP contribution in [0.15, 0.2) is 30.3 Å². The van der Waals surface area contributed by atoms with Crippen molar-refractivity contribution in [3.8, 4) is 0 Å². The van der Waals surface area contributed by atoms with Crippen LogP contribution in [0.1, 0.15) is 10.4 Å². The molecule has 4 aliphatic heterocycles. The summed E-state index contributed by atoms with van der Waals surface area (Å²) in [5.74, 6) is 0. The molecule has 4 fully saturated rings. The minimum absolute atomic E-state index is 0.246. The average Bonchev–Trinajstić information content (AvgIpc) is 3.16. The van der Waals surface area contributed by atoms with Crippen LogP contribution in [0.4, 0.5) is 0 Å². The van der Waals surface area contributed by atoms with Crippen molar-refractivity contribution in [3.63, 3.8) is 0 Å². The summed E-state index contributed by atoms with van der Waals surface area (Å²) in [6.07, 6.45) is -2.55. The van der Waals surface area contributed by atoms with Gasteiger partial charge in [-0.2, -0.15) is 0 Å². The van der Waals surface area contributed by atoms with Gasteiger partial charge < -0.3 is 0 Å². The fourth-order valence-electron chi connectivity index (χ4n) is 4.85. The number of hydrogen-bond acceptors (Lipinski definition) is 6. The third kappa shape index (κ3) is 1.38. The zero-order valence-corrected chi connectivity index (χ0v) is 14.3. The van der Waals surface area contributed by atoms with Gasteiger partial charge in [-0.05, 0) is 0 Å². The molecule has 4 heterocycles. The number of benzene rings is 1. The van der Waals surface area contributed by atoms with E-state index in [9.17, 15) is 4.79 Å². The number of carbonyl (C=O) groups is 1. The Morgan fingerprint density at radius 2 is 1.18 bits per heavy atom. The molecular weight excluding hydrogens is 315 g/mol. The molecule has 1 aromatic carbocycles. The van der Waals surface area contributed by atoms with Crippen LogP contribution >= 0.6 is 17.8 Å². The van der Waals surface area contributed by atoms with Crippen molar-refractivity contribution < 1.29 is 4.79 Å². The molecule has 7 heteroatoms. The van der Waals surface area contributed by atoms with E-state index in [0.29, 0.717) is 0 Å². The monoisotopic (exact) mass is 336 g/mol. The Morgan fingerprint density at radius 3 is 1.59 bits per heavy atom. The van der Waals surface area contributed by atoms with Crippen LogP contribution in [-0.2, 0) is 0 Å². The van der Waals surface area contributed by atoms with Crippen molar-refractivity contribution in [2.75, 3.05) is 52.4 Å². The second-order valence-electron chi connectivity index (χ2n) is 6.42. The van der Waals surface area contributed by atoms with E-state index in [4.69, 9.17) is 0 Å². The van der Waals surface area contributed by atoms with Gasteiger partial charge in [-0.15, -0.1) is 0 Å². The van der Waals surface area contributed by atoms with Crippen molar-refractivity contribution in [1.82, 2.24) is 18.7 Å². The van der Waals surface area contributed by atoms with Gasteiger partial charge >= 0.3 is 135 Å². The number of hydrogen-bond donors (Lipinski definition) is 0. The molecule has 1 aromatic rings. The summed E-state index contributed by atoms with van der Waals surface area (Å²) >= 11 is 1.67. The van der Waals surface area contributed by atoms with Crippen LogP contribution < -0.4 is 0 Å². The summed E-state index contributed by atoms with van der Waals surface area (Å²) in [5.41, 5.74) is 0.842. The van der Waals surface area contributed by atoms with E-state index in [-0.39, 0.29) is 5.12 Å². The van der Waals surface area contributed by atoms with Gasteiger partial charge in [0.2, 0.25) is 0 Å². The molecule has 0 saturated carbocycles. The Hall–Kier alpha value is -0.490. The van der Waals surface area contributed by atoms with Crippen molar-refractivity contribution in [3.05, 3.63) is 35.9 Å². The fourth-order valence-corrected chi connectivity index (χ4v) is 16.1. The number of carbonyl (C=O) groups excluding carboxylic acids is 1. The first-order chi connectivity index (χ1) is 10.8. The Balaban J connectivity index is 1.62. The Labute approximate surface area is 135 Å². The van der Waals surface area contributed by atoms with Gasteiger partial charge in [0, 0.05) is 0 Å². The normalized spacial score (nSPS) is 31.7. The van der Waals surface area contributed by atoms with E-state index in [1.807, 2.05) is 30.3 Å². The minimum atomic E-state index is -2.55. The van der Waals surface area contributed by atoms with Gasteiger partial charge in [0.05, 0.1) is 0 Å². The van der Waals surface area contributed by atoms with E-state index >= 15 is 0 Å². The molecule has 0 aliphatic carbocycles. The SMILES string of the molecule is O=C(SP123N4CCN1CCN2CCN3CC4)c1ccccc1. The van der Waals surface area contributed by atoms with Crippen LogP contribution in [0.2, 0.25) is 0 Å².